The summed E-state index contributed by atoms with van der Waals surface area (Å²) < 4.78 is 2.15. The van der Waals surface area contributed by atoms with E-state index in [0.29, 0.717) is 6.04 Å². The molecular formula is C12H18N4S. The molecule has 1 unspecified atom stereocenters. The summed E-state index contributed by atoms with van der Waals surface area (Å²) in [6.07, 6.45) is 3.91. The van der Waals surface area contributed by atoms with Gasteiger partial charge >= 0.3 is 0 Å². The number of rotatable bonds is 4. The fourth-order valence-electron chi connectivity index (χ4n) is 1.74. The highest BCUT2D eigenvalue weighted by atomic mass is 32.1. The molecule has 0 aliphatic carbocycles. The topological polar surface area (TPSA) is 42.7 Å². The molecule has 5 heteroatoms. The minimum Gasteiger partial charge on any atom is -0.353 e. The summed E-state index contributed by atoms with van der Waals surface area (Å²) in [6.45, 7) is 8.38. The predicted octanol–water partition coefficient (Wildman–Crippen LogP) is 3.08. The Labute approximate surface area is 106 Å². The van der Waals surface area contributed by atoms with E-state index in [4.69, 9.17) is 0 Å². The quantitative estimate of drug-likeness (QED) is 0.906. The van der Waals surface area contributed by atoms with Crippen LogP contribution in [0.4, 0.5) is 5.95 Å². The molecular weight excluding hydrogens is 232 g/mol. The Balaban J connectivity index is 2.31. The Morgan fingerprint density at radius 2 is 2.12 bits per heavy atom. The van der Waals surface area contributed by atoms with E-state index in [1.165, 1.54) is 0 Å². The van der Waals surface area contributed by atoms with Crippen LogP contribution in [0.25, 0.3) is 0 Å². The number of thiazole rings is 1. The van der Waals surface area contributed by atoms with E-state index in [2.05, 4.69) is 46.8 Å². The van der Waals surface area contributed by atoms with E-state index >= 15 is 0 Å². The van der Waals surface area contributed by atoms with Crippen molar-refractivity contribution in [3.8, 4) is 0 Å². The van der Waals surface area contributed by atoms with Crippen LogP contribution in [0.2, 0.25) is 0 Å². The number of anilines is 1. The lowest BCUT2D eigenvalue weighted by atomic mass is 10.3. The van der Waals surface area contributed by atoms with Crippen molar-refractivity contribution in [2.75, 3.05) is 5.32 Å². The van der Waals surface area contributed by atoms with Crippen LogP contribution in [0.5, 0.6) is 0 Å². The average molecular weight is 250 g/mol. The highest BCUT2D eigenvalue weighted by molar-refractivity contribution is 7.09. The summed E-state index contributed by atoms with van der Waals surface area (Å²) >= 11 is 1.68. The van der Waals surface area contributed by atoms with E-state index in [-0.39, 0.29) is 6.04 Å². The molecule has 0 saturated carbocycles. The number of nitrogens with one attached hydrogen (secondary N) is 1. The number of hydrogen-bond donors (Lipinski definition) is 1. The number of aromatic nitrogens is 3. The van der Waals surface area contributed by atoms with Crippen LogP contribution in [0.3, 0.4) is 0 Å². The van der Waals surface area contributed by atoms with Gasteiger partial charge in [0.2, 0.25) is 5.95 Å². The molecule has 0 spiro atoms. The first-order valence-corrected chi connectivity index (χ1v) is 6.67. The second-order valence-electron chi connectivity index (χ2n) is 4.46. The molecule has 1 N–H and O–H groups in total. The van der Waals surface area contributed by atoms with E-state index in [0.717, 1.165) is 16.6 Å². The van der Waals surface area contributed by atoms with Gasteiger partial charge in [-0.25, -0.2) is 9.97 Å². The Morgan fingerprint density at radius 3 is 2.71 bits per heavy atom. The molecule has 0 fully saturated rings. The van der Waals surface area contributed by atoms with Gasteiger partial charge in [-0.05, 0) is 27.7 Å². The monoisotopic (exact) mass is 250 g/mol. The fraction of sp³-hybridized carbons (Fsp3) is 0.500. The minimum atomic E-state index is 0.220. The Kier molecular flexibility index (Phi) is 3.47. The third-order valence-corrected chi connectivity index (χ3v) is 3.44. The van der Waals surface area contributed by atoms with E-state index < -0.39 is 0 Å². The largest absolute Gasteiger partial charge is 0.353 e. The maximum Gasteiger partial charge on any atom is 0.203 e. The molecule has 2 aromatic heterocycles. The summed E-state index contributed by atoms with van der Waals surface area (Å²) in [6, 6.07) is 0.594. The first-order valence-electron chi connectivity index (χ1n) is 5.79. The second kappa shape index (κ2) is 4.87. The van der Waals surface area contributed by atoms with Crippen LogP contribution in [-0.2, 0) is 0 Å². The molecule has 0 aliphatic heterocycles. The molecule has 2 heterocycles. The van der Waals surface area contributed by atoms with Gasteiger partial charge < -0.3 is 9.88 Å². The van der Waals surface area contributed by atoms with Gasteiger partial charge in [-0.1, -0.05) is 0 Å². The normalized spacial score (nSPS) is 13.0. The zero-order valence-corrected chi connectivity index (χ0v) is 11.5. The van der Waals surface area contributed by atoms with Crippen molar-refractivity contribution in [3.63, 3.8) is 0 Å². The first-order chi connectivity index (χ1) is 8.08. The van der Waals surface area contributed by atoms with Gasteiger partial charge in [0, 0.05) is 23.8 Å². The number of nitrogens with zero attached hydrogens (tertiary/aromatic N) is 3. The summed E-state index contributed by atoms with van der Waals surface area (Å²) in [5.41, 5.74) is 1.02. The van der Waals surface area contributed by atoms with Crippen molar-refractivity contribution in [2.24, 2.45) is 0 Å². The van der Waals surface area contributed by atoms with Gasteiger partial charge in [0.25, 0.3) is 0 Å². The minimum absolute atomic E-state index is 0.220. The van der Waals surface area contributed by atoms with E-state index in [9.17, 15) is 0 Å². The van der Waals surface area contributed by atoms with Gasteiger partial charge in [-0.15, -0.1) is 11.3 Å². The van der Waals surface area contributed by atoms with Crippen LogP contribution in [0.1, 0.15) is 37.5 Å². The van der Waals surface area contributed by atoms with Crippen LogP contribution < -0.4 is 5.32 Å². The zero-order valence-electron chi connectivity index (χ0n) is 10.6. The third kappa shape index (κ3) is 2.66. The van der Waals surface area contributed by atoms with Gasteiger partial charge in [-0.3, -0.25) is 0 Å². The molecule has 0 bridgehead atoms. The van der Waals surface area contributed by atoms with Crippen molar-refractivity contribution in [1.29, 1.82) is 0 Å². The SMILES string of the molecule is Cc1cn(C(C)c2nccs2)c(NC(C)C)n1. The van der Waals surface area contributed by atoms with Crippen LogP contribution in [-0.4, -0.2) is 20.6 Å². The lowest BCUT2D eigenvalue weighted by molar-refractivity contribution is 0.634. The van der Waals surface area contributed by atoms with Crippen LogP contribution >= 0.6 is 11.3 Å². The van der Waals surface area contributed by atoms with E-state index in [1.807, 2.05) is 18.5 Å². The van der Waals surface area contributed by atoms with Gasteiger partial charge in [0.1, 0.15) is 5.01 Å². The summed E-state index contributed by atoms with van der Waals surface area (Å²) in [7, 11) is 0. The zero-order chi connectivity index (χ0) is 12.4. The number of imidazole rings is 1. The van der Waals surface area contributed by atoms with Crippen molar-refractivity contribution >= 4 is 17.3 Å². The van der Waals surface area contributed by atoms with E-state index in [1.54, 1.807) is 11.3 Å². The Hall–Kier alpha value is -1.36. The van der Waals surface area contributed by atoms with Crippen LogP contribution in [0.15, 0.2) is 17.8 Å². The molecule has 17 heavy (non-hydrogen) atoms. The summed E-state index contributed by atoms with van der Waals surface area (Å²) in [4.78, 5) is 8.87. The number of hydrogen-bond acceptors (Lipinski definition) is 4. The van der Waals surface area contributed by atoms with Crippen molar-refractivity contribution in [2.45, 2.75) is 39.8 Å². The average Bonchev–Trinajstić information content (AvgIpc) is 2.85. The molecule has 4 nitrogen and oxygen atoms in total. The molecule has 1 atom stereocenters. The van der Waals surface area contributed by atoms with Crippen LogP contribution in [0, 0.1) is 6.92 Å². The van der Waals surface area contributed by atoms with Crippen molar-refractivity contribution in [3.05, 3.63) is 28.5 Å². The number of aryl methyl sites for hydroxylation is 1. The second-order valence-corrected chi connectivity index (χ2v) is 5.38. The van der Waals surface area contributed by atoms with Gasteiger partial charge in [-0.2, -0.15) is 0 Å². The standard InChI is InChI=1S/C12H18N4S/c1-8(2)14-12-15-9(3)7-16(12)10(4)11-13-5-6-17-11/h5-8,10H,1-4H3,(H,14,15). The molecule has 92 valence electrons. The third-order valence-electron chi connectivity index (χ3n) is 2.50. The maximum absolute atomic E-state index is 4.51. The fourth-order valence-corrected chi connectivity index (χ4v) is 2.43. The first kappa shape index (κ1) is 12.1. The Morgan fingerprint density at radius 1 is 1.35 bits per heavy atom. The molecule has 0 saturated heterocycles. The van der Waals surface area contributed by atoms with Gasteiger partial charge in [0.05, 0.1) is 11.7 Å². The molecule has 2 rings (SSSR count). The highest BCUT2D eigenvalue weighted by Gasteiger charge is 2.15. The maximum atomic E-state index is 4.51. The highest BCUT2D eigenvalue weighted by Crippen LogP contribution is 2.24. The smallest absolute Gasteiger partial charge is 0.203 e. The predicted molar refractivity (Wildman–Crippen MR) is 71.6 cm³/mol. The molecule has 2 aromatic rings. The lowest BCUT2D eigenvalue weighted by Crippen LogP contribution is -2.16. The molecule has 0 amide bonds. The lowest BCUT2D eigenvalue weighted by Gasteiger charge is -2.16. The van der Waals surface area contributed by atoms with Crippen molar-refractivity contribution in [1.82, 2.24) is 14.5 Å². The summed E-state index contributed by atoms with van der Waals surface area (Å²) in [5, 5.41) is 6.48. The van der Waals surface area contributed by atoms with Crippen molar-refractivity contribution < 1.29 is 0 Å². The summed E-state index contributed by atoms with van der Waals surface area (Å²) in [5.74, 6) is 0.917. The molecule has 0 aliphatic rings. The molecule has 0 aromatic carbocycles. The molecule has 0 radical (unpaired) electrons. The Bertz CT molecular complexity index is 473. The van der Waals surface area contributed by atoms with Gasteiger partial charge in [0.15, 0.2) is 0 Å².